The molecule has 0 saturated heterocycles. The number of rotatable bonds is 6. The van der Waals surface area contributed by atoms with Crippen LogP contribution in [-0.4, -0.2) is 15.6 Å². The summed E-state index contributed by atoms with van der Waals surface area (Å²) in [6.07, 6.45) is 5.35. The van der Waals surface area contributed by atoms with E-state index in [-0.39, 0.29) is 23.9 Å². The zero-order valence-electron chi connectivity index (χ0n) is 16.3. The van der Waals surface area contributed by atoms with E-state index < -0.39 is 0 Å². The number of carbonyl (C=O) groups excluding carboxylic acids is 1. The van der Waals surface area contributed by atoms with E-state index in [1.165, 1.54) is 12.1 Å². The van der Waals surface area contributed by atoms with Crippen LogP contribution in [0.5, 0.6) is 0 Å². The van der Waals surface area contributed by atoms with Crippen molar-refractivity contribution < 1.29 is 9.18 Å². The number of hydrogen-bond donors (Lipinski definition) is 2. The average Bonchev–Trinajstić information content (AvgIpc) is 3.47. The molecule has 2 atom stereocenters. The third-order valence-electron chi connectivity index (χ3n) is 4.85. The maximum Gasteiger partial charge on any atom is 0.316 e. The van der Waals surface area contributed by atoms with E-state index in [0.29, 0.717) is 0 Å². The van der Waals surface area contributed by atoms with Crippen molar-refractivity contribution in [3.8, 4) is 5.69 Å². The molecule has 0 bridgehead atoms. The zero-order valence-corrected chi connectivity index (χ0v) is 17.1. The molecule has 0 fully saturated rings. The Morgan fingerprint density at radius 3 is 2.40 bits per heavy atom. The number of urea groups is 1. The molecular weight excluding hydrogens is 399 g/mol. The summed E-state index contributed by atoms with van der Waals surface area (Å²) in [4.78, 5) is 17.8. The SMILES string of the molecule is C[C@@H](NC(=O)N[C@H](c1ccc(F)cc1)c1cccs1)c1ccc(-n2ccnc2)cc1. The number of benzene rings is 2. The quantitative estimate of drug-likeness (QED) is 0.449. The molecule has 7 heteroatoms. The first kappa shape index (κ1) is 19.8. The van der Waals surface area contributed by atoms with E-state index in [1.807, 2.05) is 59.5 Å². The van der Waals surface area contributed by atoms with Crippen molar-refractivity contribution in [1.29, 1.82) is 0 Å². The van der Waals surface area contributed by atoms with Crippen LogP contribution in [0.4, 0.5) is 9.18 Å². The molecule has 0 unspecified atom stereocenters. The second kappa shape index (κ2) is 8.92. The molecule has 30 heavy (non-hydrogen) atoms. The van der Waals surface area contributed by atoms with Crippen LogP contribution in [0.1, 0.15) is 35.0 Å². The van der Waals surface area contributed by atoms with E-state index in [1.54, 1.807) is 36.0 Å². The second-order valence-corrected chi connectivity index (χ2v) is 7.88. The van der Waals surface area contributed by atoms with Gasteiger partial charge in [-0.25, -0.2) is 14.2 Å². The van der Waals surface area contributed by atoms with Gasteiger partial charge in [0, 0.05) is 23.0 Å². The highest BCUT2D eigenvalue weighted by atomic mass is 32.1. The fourth-order valence-corrected chi connectivity index (χ4v) is 4.03. The Morgan fingerprint density at radius 2 is 1.77 bits per heavy atom. The summed E-state index contributed by atoms with van der Waals surface area (Å²) in [5.74, 6) is -0.305. The molecule has 0 spiro atoms. The van der Waals surface area contributed by atoms with Crippen LogP contribution in [0.3, 0.4) is 0 Å². The number of nitrogens with one attached hydrogen (secondary N) is 2. The van der Waals surface area contributed by atoms with Gasteiger partial charge in [0.1, 0.15) is 5.82 Å². The monoisotopic (exact) mass is 420 g/mol. The lowest BCUT2D eigenvalue weighted by molar-refractivity contribution is 0.236. The van der Waals surface area contributed by atoms with Crippen LogP contribution in [-0.2, 0) is 0 Å². The topological polar surface area (TPSA) is 59.0 Å². The number of halogens is 1. The van der Waals surface area contributed by atoms with Crippen molar-refractivity contribution in [3.05, 3.63) is 107 Å². The summed E-state index contributed by atoms with van der Waals surface area (Å²) in [5, 5.41) is 7.95. The van der Waals surface area contributed by atoms with Crippen LogP contribution in [0, 0.1) is 5.82 Å². The summed E-state index contributed by atoms with van der Waals surface area (Å²) in [6, 6.07) is 17.2. The summed E-state index contributed by atoms with van der Waals surface area (Å²) >= 11 is 1.54. The number of imidazole rings is 1. The van der Waals surface area contributed by atoms with Gasteiger partial charge in [0.15, 0.2) is 0 Å². The molecular formula is C23H21FN4OS. The minimum absolute atomic E-state index is 0.181. The van der Waals surface area contributed by atoms with Gasteiger partial charge in [0.2, 0.25) is 0 Å². The molecule has 5 nitrogen and oxygen atoms in total. The summed E-state index contributed by atoms with van der Waals surface area (Å²) in [7, 11) is 0. The molecule has 2 aromatic carbocycles. The second-order valence-electron chi connectivity index (χ2n) is 6.90. The van der Waals surface area contributed by atoms with Gasteiger partial charge in [-0.05, 0) is 53.8 Å². The van der Waals surface area contributed by atoms with E-state index >= 15 is 0 Å². The molecule has 2 amide bonds. The van der Waals surface area contributed by atoms with Gasteiger partial charge in [0.05, 0.1) is 18.4 Å². The molecule has 0 aliphatic heterocycles. The lowest BCUT2D eigenvalue weighted by Gasteiger charge is -2.21. The Kier molecular flexibility index (Phi) is 5.90. The van der Waals surface area contributed by atoms with Gasteiger partial charge in [-0.3, -0.25) is 0 Å². The minimum atomic E-state index is -0.346. The van der Waals surface area contributed by atoms with E-state index in [9.17, 15) is 9.18 Å². The maximum absolute atomic E-state index is 13.3. The molecule has 0 radical (unpaired) electrons. The highest BCUT2D eigenvalue weighted by Crippen LogP contribution is 2.26. The number of amides is 2. The van der Waals surface area contributed by atoms with Crippen LogP contribution < -0.4 is 10.6 Å². The van der Waals surface area contributed by atoms with Crippen molar-refractivity contribution in [2.75, 3.05) is 0 Å². The van der Waals surface area contributed by atoms with Crippen molar-refractivity contribution in [1.82, 2.24) is 20.2 Å². The Hall–Kier alpha value is -3.45. The first-order chi connectivity index (χ1) is 14.6. The standard InChI is InChI=1S/C23H21FN4OS/c1-16(17-6-10-20(11-7-17)28-13-12-25-15-28)26-23(29)27-22(21-3-2-14-30-21)18-4-8-19(24)9-5-18/h2-16,22H,1H3,(H2,26,27,29)/t16-,22-/m1/s1. The largest absolute Gasteiger partial charge is 0.332 e. The Balaban J connectivity index is 1.44. The summed E-state index contributed by atoms with van der Waals surface area (Å²) in [6.45, 7) is 1.93. The minimum Gasteiger partial charge on any atom is -0.332 e. The average molecular weight is 421 g/mol. The van der Waals surface area contributed by atoms with Crippen LogP contribution in [0.15, 0.2) is 84.8 Å². The molecule has 2 aromatic heterocycles. The van der Waals surface area contributed by atoms with Crippen LogP contribution in [0.2, 0.25) is 0 Å². The van der Waals surface area contributed by atoms with Crippen molar-refractivity contribution in [2.24, 2.45) is 0 Å². The number of thiophene rings is 1. The van der Waals surface area contributed by atoms with Crippen molar-refractivity contribution in [3.63, 3.8) is 0 Å². The first-order valence-corrected chi connectivity index (χ1v) is 10.4. The Bertz CT molecular complexity index is 1080. The van der Waals surface area contributed by atoms with Crippen molar-refractivity contribution in [2.45, 2.75) is 19.0 Å². The van der Waals surface area contributed by atoms with Crippen LogP contribution >= 0.6 is 11.3 Å². The number of aromatic nitrogens is 2. The number of hydrogen-bond acceptors (Lipinski definition) is 3. The Labute approximate surface area is 178 Å². The fraction of sp³-hybridized carbons (Fsp3) is 0.130. The normalized spacial score (nSPS) is 12.9. The first-order valence-electron chi connectivity index (χ1n) is 9.54. The fourth-order valence-electron chi connectivity index (χ4n) is 3.23. The summed E-state index contributed by atoms with van der Waals surface area (Å²) in [5.41, 5.74) is 2.82. The van der Waals surface area contributed by atoms with E-state index in [0.717, 1.165) is 21.7 Å². The van der Waals surface area contributed by atoms with Crippen molar-refractivity contribution >= 4 is 17.4 Å². The van der Waals surface area contributed by atoms with E-state index in [4.69, 9.17) is 0 Å². The van der Waals surface area contributed by atoms with Gasteiger partial charge < -0.3 is 15.2 Å². The van der Waals surface area contributed by atoms with Gasteiger partial charge in [0.25, 0.3) is 0 Å². The maximum atomic E-state index is 13.3. The molecule has 152 valence electrons. The Morgan fingerprint density at radius 1 is 1.03 bits per heavy atom. The molecule has 2 N–H and O–H groups in total. The molecule has 4 rings (SSSR count). The predicted molar refractivity (Wildman–Crippen MR) is 116 cm³/mol. The highest BCUT2D eigenvalue weighted by molar-refractivity contribution is 7.10. The summed E-state index contributed by atoms with van der Waals surface area (Å²) < 4.78 is 15.3. The number of nitrogens with zero attached hydrogens (tertiary/aromatic N) is 2. The third-order valence-corrected chi connectivity index (χ3v) is 5.79. The number of carbonyl (C=O) groups is 1. The predicted octanol–water partition coefficient (Wildman–Crippen LogP) is 5.22. The molecule has 0 saturated carbocycles. The lowest BCUT2D eigenvalue weighted by atomic mass is 10.1. The molecule has 0 aliphatic rings. The molecule has 4 aromatic rings. The van der Waals surface area contributed by atoms with Gasteiger partial charge in [-0.2, -0.15) is 0 Å². The molecule has 0 aliphatic carbocycles. The van der Waals surface area contributed by atoms with Gasteiger partial charge in [-0.1, -0.05) is 30.3 Å². The third kappa shape index (κ3) is 4.58. The van der Waals surface area contributed by atoms with E-state index in [2.05, 4.69) is 15.6 Å². The van der Waals surface area contributed by atoms with Gasteiger partial charge >= 0.3 is 6.03 Å². The highest BCUT2D eigenvalue weighted by Gasteiger charge is 2.19. The molecule has 2 heterocycles. The van der Waals surface area contributed by atoms with Crippen LogP contribution in [0.25, 0.3) is 5.69 Å². The smallest absolute Gasteiger partial charge is 0.316 e. The lowest BCUT2D eigenvalue weighted by Crippen LogP contribution is -2.39. The zero-order chi connectivity index (χ0) is 20.9. The van der Waals surface area contributed by atoms with Gasteiger partial charge in [-0.15, -0.1) is 11.3 Å².